The Kier molecular flexibility index (Phi) is 1.92. The molecule has 0 bridgehead atoms. The largest absolute Gasteiger partial charge is 0.396 e. The van der Waals surface area contributed by atoms with E-state index in [2.05, 4.69) is 21.8 Å². The number of nitrogens with two attached hydrogens (primary N) is 1. The van der Waals surface area contributed by atoms with E-state index in [4.69, 9.17) is 8.48 Å². The first-order valence-electron chi connectivity index (χ1n) is 5.97. The molecule has 0 amide bonds. The molecule has 1 atom stereocenters. The monoisotopic (exact) mass is 194 g/mol. The zero-order valence-corrected chi connectivity index (χ0v) is 8.32. The molecule has 4 nitrogen and oxygen atoms in total. The number of hydrogen-bond acceptors (Lipinski definition) is 4. The van der Waals surface area contributed by atoms with Crippen molar-refractivity contribution in [1.82, 2.24) is 9.97 Å². The summed E-state index contributed by atoms with van der Waals surface area (Å²) in [4.78, 5) is 10.1. The van der Waals surface area contributed by atoms with Crippen molar-refractivity contribution in [1.29, 1.82) is 0 Å². The first-order valence-corrected chi connectivity index (χ1v) is 4.97. The summed E-state index contributed by atoms with van der Waals surface area (Å²) in [6.07, 6.45) is 3.34. The molecule has 1 aromatic rings. The van der Waals surface area contributed by atoms with E-state index >= 15 is 0 Å². The summed E-state index contributed by atoms with van der Waals surface area (Å²) < 4.78 is 15.1. The van der Waals surface area contributed by atoms with Crippen molar-refractivity contribution in [3.05, 3.63) is 12.3 Å². The molecular weight excluding hydrogens is 176 g/mol. The first kappa shape index (κ1) is 7.04. The van der Waals surface area contributed by atoms with E-state index in [1.165, 1.54) is 6.42 Å². The van der Waals surface area contributed by atoms with Gasteiger partial charge in [-0.05, 0) is 26.2 Å². The van der Waals surface area contributed by atoms with E-state index in [9.17, 15) is 0 Å². The van der Waals surface area contributed by atoms with Gasteiger partial charge in [-0.1, -0.05) is 0 Å². The molecule has 76 valence electrons. The fourth-order valence-electron chi connectivity index (χ4n) is 1.79. The maximum atomic E-state index is 7.56. The lowest BCUT2D eigenvalue weighted by Crippen LogP contribution is -2.38. The fourth-order valence-corrected chi connectivity index (χ4v) is 1.79. The average molecular weight is 194 g/mol. The highest BCUT2D eigenvalue weighted by Crippen LogP contribution is 2.20. The van der Waals surface area contributed by atoms with Crippen molar-refractivity contribution in [3.8, 4) is 0 Å². The summed E-state index contributed by atoms with van der Waals surface area (Å²) in [6.45, 7) is 3.01. The number of piperidine rings is 1. The van der Waals surface area contributed by atoms with E-state index in [-0.39, 0.29) is 18.0 Å². The van der Waals surface area contributed by atoms with Crippen molar-refractivity contribution in [3.63, 3.8) is 0 Å². The van der Waals surface area contributed by atoms with Crippen LogP contribution >= 0.6 is 0 Å². The molecule has 1 aliphatic heterocycles. The van der Waals surface area contributed by atoms with Gasteiger partial charge >= 0.3 is 0 Å². The van der Waals surface area contributed by atoms with E-state index in [1.54, 1.807) is 0 Å². The van der Waals surface area contributed by atoms with Crippen molar-refractivity contribution in [2.45, 2.75) is 32.2 Å². The quantitative estimate of drug-likeness (QED) is 0.735. The second kappa shape index (κ2) is 3.82. The van der Waals surface area contributed by atoms with Gasteiger partial charge in [-0.15, -0.1) is 0 Å². The summed E-state index contributed by atoms with van der Waals surface area (Å²) in [7, 11) is 0. The van der Waals surface area contributed by atoms with Crippen LogP contribution in [0.25, 0.3) is 0 Å². The van der Waals surface area contributed by atoms with Crippen molar-refractivity contribution in [2.24, 2.45) is 0 Å². The Hall–Kier alpha value is -1.32. The lowest BCUT2D eigenvalue weighted by molar-refractivity contribution is 0.477. The average Bonchev–Trinajstić information content (AvgIpc) is 2.26. The third kappa shape index (κ3) is 1.78. The normalized spacial score (nSPS) is 24.4. The van der Waals surface area contributed by atoms with E-state index in [1.807, 2.05) is 0 Å². The number of nitrogens with zero attached hydrogens (tertiary/aromatic N) is 3. The number of aromatic nitrogens is 2. The van der Waals surface area contributed by atoms with E-state index in [0.717, 1.165) is 19.4 Å². The van der Waals surface area contributed by atoms with Gasteiger partial charge in [0.1, 0.15) is 0 Å². The van der Waals surface area contributed by atoms with Crippen LogP contribution in [-0.2, 0) is 0 Å². The molecule has 14 heavy (non-hydrogen) atoms. The van der Waals surface area contributed by atoms with Gasteiger partial charge < -0.3 is 10.6 Å². The van der Waals surface area contributed by atoms with Crippen LogP contribution in [0.5, 0.6) is 0 Å². The zero-order valence-electron chi connectivity index (χ0n) is 10.3. The van der Waals surface area contributed by atoms with Gasteiger partial charge in [0.2, 0.25) is 5.95 Å². The molecule has 2 heterocycles. The Morgan fingerprint density at radius 3 is 2.86 bits per heavy atom. The summed E-state index contributed by atoms with van der Waals surface area (Å²) in [5.41, 5.74) is 5.55. The second-order valence-electron chi connectivity index (χ2n) is 3.70. The third-order valence-electron chi connectivity index (χ3n) is 2.61. The Labute approximate surface area is 87.0 Å². The van der Waals surface area contributed by atoms with Gasteiger partial charge in [-0.25, -0.2) is 9.97 Å². The fraction of sp³-hybridized carbons (Fsp3) is 0.600. The molecule has 1 fully saturated rings. The molecule has 1 aromatic heterocycles. The van der Waals surface area contributed by atoms with Crippen molar-refractivity contribution < 1.29 is 2.74 Å². The number of hydrogen-bond donors (Lipinski definition) is 1. The summed E-state index contributed by atoms with van der Waals surface area (Å²) >= 11 is 0. The molecule has 1 unspecified atom stereocenters. The first-order chi connectivity index (χ1) is 7.59. The van der Waals surface area contributed by atoms with Gasteiger partial charge in [-0.2, -0.15) is 0 Å². The predicted molar refractivity (Wildman–Crippen MR) is 57.1 cm³/mol. The molecule has 0 radical (unpaired) electrons. The van der Waals surface area contributed by atoms with Crippen LogP contribution in [0.2, 0.25) is 0 Å². The predicted octanol–water partition coefficient (Wildman–Crippen LogP) is 1.44. The van der Waals surface area contributed by atoms with Gasteiger partial charge in [0.15, 0.2) is 0 Å². The molecule has 2 N–H and O–H groups in total. The molecule has 1 saturated heterocycles. The zero-order chi connectivity index (χ0) is 11.7. The summed E-state index contributed by atoms with van der Waals surface area (Å²) in [5.74, 6) is 0.469. The van der Waals surface area contributed by atoms with E-state index in [0.29, 0.717) is 12.0 Å². The summed E-state index contributed by atoms with van der Waals surface area (Å²) in [6, 6.07) is 0.371. The molecule has 0 spiro atoms. The number of rotatable bonds is 1. The minimum Gasteiger partial charge on any atom is -0.396 e. The Morgan fingerprint density at radius 1 is 1.50 bits per heavy atom. The Bertz CT molecular complexity index is 373. The molecule has 2 rings (SSSR count). The second-order valence-corrected chi connectivity index (χ2v) is 3.70. The highest BCUT2D eigenvalue weighted by atomic mass is 15.3. The van der Waals surface area contributed by atoms with Crippen LogP contribution in [0.3, 0.4) is 0 Å². The van der Waals surface area contributed by atoms with Crippen LogP contribution in [-0.4, -0.2) is 22.6 Å². The maximum Gasteiger partial charge on any atom is 0.225 e. The summed E-state index contributed by atoms with van der Waals surface area (Å²) in [5, 5.41) is 0. The highest BCUT2D eigenvalue weighted by Gasteiger charge is 2.20. The lowest BCUT2D eigenvalue weighted by atomic mass is 10.0. The van der Waals surface area contributed by atoms with Gasteiger partial charge in [0, 0.05) is 12.6 Å². The van der Waals surface area contributed by atoms with Gasteiger partial charge in [0.25, 0.3) is 0 Å². The lowest BCUT2D eigenvalue weighted by Gasteiger charge is -2.33. The maximum absolute atomic E-state index is 7.56. The Balaban J connectivity index is 2.32. The van der Waals surface area contributed by atoms with Gasteiger partial charge in [-0.3, -0.25) is 0 Å². The smallest absolute Gasteiger partial charge is 0.225 e. The van der Waals surface area contributed by atoms with Crippen molar-refractivity contribution >= 4 is 11.6 Å². The molecule has 4 heteroatoms. The number of nitrogen functional groups attached to an aromatic ring is 1. The third-order valence-corrected chi connectivity index (χ3v) is 2.61. The van der Waals surface area contributed by atoms with Crippen LogP contribution in [0, 0.1) is 0 Å². The van der Waals surface area contributed by atoms with Crippen LogP contribution in [0.4, 0.5) is 11.6 Å². The van der Waals surface area contributed by atoms with Gasteiger partial charge in [0.05, 0.1) is 20.8 Å². The molecule has 0 saturated carbocycles. The van der Waals surface area contributed by atoms with Crippen molar-refractivity contribution in [2.75, 3.05) is 17.2 Å². The molecule has 0 aliphatic carbocycles. The van der Waals surface area contributed by atoms with Crippen LogP contribution in [0.1, 0.15) is 28.9 Å². The molecule has 1 aliphatic rings. The van der Waals surface area contributed by atoms with Crippen LogP contribution < -0.4 is 10.6 Å². The molecule has 0 aromatic carbocycles. The minimum atomic E-state index is -0.0484. The van der Waals surface area contributed by atoms with E-state index < -0.39 is 0 Å². The van der Waals surface area contributed by atoms with Crippen LogP contribution in [0.15, 0.2) is 12.3 Å². The number of anilines is 2. The standard InChI is InChI=1S/C10H16N4/c1-8-4-2-3-5-14(8)10-12-6-9(11)7-13-10/h6-8H,2-5,11H2,1H3/i6D,7D. The SMILES string of the molecule is [2H]c1nc(N2CCCCC2C)nc([2H])c1N. The molecular formula is C10H16N4. The minimum absolute atomic E-state index is 0.0484. The Morgan fingerprint density at radius 2 is 2.21 bits per heavy atom. The highest BCUT2D eigenvalue weighted by molar-refractivity contribution is 5.38. The topological polar surface area (TPSA) is 55.0 Å².